The fraction of sp³-hybridized carbons (Fsp3) is 0.483. The lowest BCUT2D eigenvalue weighted by Gasteiger charge is -2.33. The number of carbonyl (C=O) groups excluding carboxylic acids is 1. The summed E-state index contributed by atoms with van der Waals surface area (Å²) in [6.07, 6.45) is -1.49. The summed E-state index contributed by atoms with van der Waals surface area (Å²) >= 11 is 0. The molecule has 202 valence electrons. The number of halogens is 3. The largest absolute Gasteiger partial charge is 0.492 e. The summed E-state index contributed by atoms with van der Waals surface area (Å²) in [5, 5.41) is 0. The van der Waals surface area contributed by atoms with E-state index in [1.165, 1.54) is 13.2 Å². The number of likely N-dealkylation sites (tertiary alicyclic amines) is 1. The Kier molecular flexibility index (Phi) is 6.39. The average molecular weight is 530 g/mol. The third kappa shape index (κ3) is 4.56. The summed E-state index contributed by atoms with van der Waals surface area (Å²) in [6, 6.07) is 8.20. The second kappa shape index (κ2) is 9.61. The molecule has 4 aliphatic rings. The number of esters is 1. The molecule has 0 spiro atoms. The number of carbonyl (C=O) groups is 1. The predicted octanol–water partition coefficient (Wildman–Crippen LogP) is 5.34. The Hall–Kier alpha value is -3.04. The number of benzene rings is 2. The molecule has 1 aliphatic carbocycles. The smallest absolute Gasteiger partial charge is 0.416 e. The Labute approximate surface area is 219 Å². The molecular weight excluding hydrogens is 499 g/mol. The Bertz CT molecular complexity index is 1260. The third-order valence-corrected chi connectivity index (χ3v) is 8.19. The number of morpholine rings is 1. The molecule has 6 nitrogen and oxygen atoms in total. The van der Waals surface area contributed by atoms with E-state index in [2.05, 4.69) is 11.5 Å². The van der Waals surface area contributed by atoms with Gasteiger partial charge in [-0.3, -0.25) is 4.90 Å². The van der Waals surface area contributed by atoms with E-state index in [-0.39, 0.29) is 37.4 Å². The van der Waals surface area contributed by atoms with Crippen molar-refractivity contribution < 1.29 is 36.9 Å². The minimum atomic E-state index is -4.42. The van der Waals surface area contributed by atoms with Gasteiger partial charge in [0.15, 0.2) is 0 Å². The molecule has 0 amide bonds. The second-order valence-electron chi connectivity index (χ2n) is 10.5. The van der Waals surface area contributed by atoms with E-state index >= 15 is 0 Å². The predicted molar refractivity (Wildman–Crippen MR) is 132 cm³/mol. The van der Waals surface area contributed by atoms with Gasteiger partial charge < -0.3 is 18.9 Å². The van der Waals surface area contributed by atoms with E-state index in [9.17, 15) is 18.0 Å². The highest BCUT2D eigenvalue weighted by Gasteiger charge is 2.40. The molecule has 2 aromatic rings. The molecule has 4 atom stereocenters. The first-order chi connectivity index (χ1) is 18.2. The van der Waals surface area contributed by atoms with Gasteiger partial charge in [0.05, 0.1) is 37.4 Å². The van der Waals surface area contributed by atoms with Crippen molar-refractivity contribution in [1.29, 1.82) is 0 Å². The maximum Gasteiger partial charge on any atom is 0.416 e. The summed E-state index contributed by atoms with van der Waals surface area (Å²) < 4.78 is 64.9. The number of hydrogen-bond donors (Lipinski definition) is 0. The first-order valence-electron chi connectivity index (χ1n) is 13.0. The van der Waals surface area contributed by atoms with Gasteiger partial charge >= 0.3 is 12.1 Å². The zero-order valence-electron chi connectivity index (χ0n) is 21.2. The maximum atomic E-state index is 14.0. The molecule has 0 saturated carbocycles. The van der Waals surface area contributed by atoms with Crippen LogP contribution in [0.1, 0.15) is 59.1 Å². The van der Waals surface area contributed by atoms with Crippen LogP contribution in [0.15, 0.2) is 42.5 Å². The molecule has 6 rings (SSSR count). The zero-order valence-corrected chi connectivity index (χ0v) is 21.2. The topological polar surface area (TPSA) is 57.2 Å². The van der Waals surface area contributed by atoms with Crippen molar-refractivity contribution in [3.63, 3.8) is 0 Å². The minimum Gasteiger partial charge on any atom is -0.492 e. The molecule has 0 radical (unpaired) electrons. The van der Waals surface area contributed by atoms with Crippen molar-refractivity contribution >= 4 is 5.97 Å². The number of fused-ring (bicyclic) bond motifs is 4. The number of ether oxygens (including phenoxy) is 4. The van der Waals surface area contributed by atoms with E-state index in [0.717, 1.165) is 29.5 Å². The molecule has 3 heterocycles. The first kappa shape index (κ1) is 25.2. The SMILES string of the molecule is C=C(C(=O)OC)C1COc2cc(O[C@@H]3CCc4c3ccc(C(F)(F)F)c4CN3CC4CCC(C3)O4)ccc21. The normalized spacial score (nSPS) is 26.0. The molecule has 2 bridgehead atoms. The average Bonchev–Trinajstić information content (AvgIpc) is 3.59. The number of hydrogen-bond acceptors (Lipinski definition) is 6. The molecule has 3 unspecified atom stereocenters. The van der Waals surface area contributed by atoms with E-state index in [0.29, 0.717) is 48.6 Å². The lowest BCUT2D eigenvalue weighted by molar-refractivity contribution is -0.139. The fourth-order valence-electron chi connectivity index (χ4n) is 6.35. The highest BCUT2D eigenvalue weighted by Crippen LogP contribution is 2.45. The van der Waals surface area contributed by atoms with Crippen molar-refractivity contribution in [2.45, 2.75) is 62.6 Å². The van der Waals surface area contributed by atoms with Crippen molar-refractivity contribution in [3.05, 3.63) is 70.3 Å². The molecule has 9 heteroatoms. The van der Waals surface area contributed by atoms with Crippen LogP contribution in [0.3, 0.4) is 0 Å². The van der Waals surface area contributed by atoms with Crippen LogP contribution in [0.5, 0.6) is 11.5 Å². The fourth-order valence-corrected chi connectivity index (χ4v) is 6.35. The van der Waals surface area contributed by atoms with Gasteiger partial charge in [-0.1, -0.05) is 18.7 Å². The summed E-state index contributed by atoms with van der Waals surface area (Å²) in [5.74, 6) is 0.397. The molecule has 2 saturated heterocycles. The van der Waals surface area contributed by atoms with Gasteiger partial charge in [-0.2, -0.15) is 13.2 Å². The molecule has 0 aromatic heterocycles. The number of alkyl halides is 3. The maximum absolute atomic E-state index is 14.0. The highest BCUT2D eigenvalue weighted by atomic mass is 19.4. The van der Waals surface area contributed by atoms with Gasteiger partial charge in [0.2, 0.25) is 0 Å². The summed E-state index contributed by atoms with van der Waals surface area (Å²) in [6.45, 7) is 5.72. The van der Waals surface area contributed by atoms with Crippen molar-refractivity contribution in [2.24, 2.45) is 0 Å². The van der Waals surface area contributed by atoms with Gasteiger partial charge in [-0.15, -0.1) is 0 Å². The Morgan fingerprint density at radius 2 is 1.84 bits per heavy atom. The lowest BCUT2D eigenvalue weighted by Crippen LogP contribution is -2.42. The first-order valence-corrected chi connectivity index (χ1v) is 13.0. The van der Waals surface area contributed by atoms with Crippen LogP contribution in [0.25, 0.3) is 0 Å². The van der Waals surface area contributed by atoms with Crippen molar-refractivity contribution in [2.75, 3.05) is 26.8 Å². The van der Waals surface area contributed by atoms with Gasteiger partial charge in [0.1, 0.15) is 17.6 Å². The van der Waals surface area contributed by atoms with E-state index < -0.39 is 17.7 Å². The quantitative estimate of drug-likeness (QED) is 0.372. The lowest BCUT2D eigenvalue weighted by atomic mass is 9.94. The van der Waals surface area contributed by atoms with Crippen molar-refractivity contribution in [1.82, 2.24) is 4.90 Å². The molecule has 3 aliphatic heterocycles. The summed E-state index contributed by atoms with van der Waals surface area (Å²) in [4.78, 5) is 14.0. The minimum absolute atomic E-state index is 0.113. The van der Waals surface area contributed by atoms with E-state index in [4.69, 9.17) is 18.9 Å². The van der Waals surface area contributed by atoms with Gasteiger partial charge in [0.25, 0.3) is 0 Å². The monoisotopic (exact) mass is 529 g/mol. The van der Waals surface area contributed by atoms with Crippen LogP contribution in [0, 0.1) is 0 Å². The van der Waals surface area contributed by atoms with E-state index in [1.807, 2.05) is 6.07 Å². The van der Waals surface area contributed by atoms with Crippen LogP contribution >= 0.6 is 0 Å². The van der Waals surface area contributed by atoms with Crippen LogP contribution in [-0.2, 0) is 33.4 Å². The highest BCUT2D eigenvalue weighted by molar-refractivity contribution is 5.90. The summed E-state index contributed by atoms with van der Waals surface area (Å²) in [7, 11) is 1.31. The molecule has 2 fully saturated rings. The molecule has 0 N–H and O–H groups in total. The van der Waals surface area contributed by atoms with Gasteiger partial charge in [-0.05, 0) is 54.5 Å². The Morgan fingerprint density at radius 3 is 2.55 bits per heavy atom. The van der Waals surface area contributed by atoms with Crippen LogP contribution in [0.2, 0.25) is 0 Å². The molecule has 2 aromatic carbocycles. The van der Waals surface area contributed by atoms with Gasteiger partial charge in [0, 0.05) is 36.8 Å². The van der Waals surface area contributed by atoms with Gasteiger partial charge in [-0.25, -0.2) is 4.79 Å². The molecule has 38 heavy (non-hydrogen) atoms. The number of nitrogens with zero attached hydrogens (tertiary/aromatic N) is 1. The number of rotatable bonds is 6. The van der Waals surface area contributed by atoms with E-state index in [1.54, 1.807) is 18.2 Å². The van der Waals surface area contributed by atoms with Crippen LogP contribution < -0.4 is 9.47 Å². The Balaban J connectivity index is 1.24. The summed E-state index contributed by atoms with van der Waals surface area (Å²) in [5.41, 5.74) is 2.52. The number of methoxy groups -OCH3 is 1. The Morgan fingerprint density at radius 1 is 1.11 bits per heavy atom. The zero-order chi connectivity index (χ0) is 26.6. The van der Waals surface area contributed by atoms with Crippen LogP contribution in [0.4, 0.5) is 13.2 Å². The standard InChI is InChI=1S/C29H30F3NO5/c1-16(28(34)35-2)24-15-36-27-11-17(5-6-22(24)27)38-26-10-8-20-21(26)7-9-25(29(30,31)32)23(20)14-33-12-18-3-4-19(13-33)37-18/h5-7,9,11,18-19,24,26H,1,3-4,8,10,12-15H2,2H3/t18?,19?,24?,26-/m1/s1. The van der Waals surface area contributed by atoms with Crippen LogP contribution in [-0.4, -0.2) is 49.9 Å². The third-order valence-electron chi connectivity index (χ3n) is 8.19. The molecular formula is C29H30F3NO5. The van der Waals surface area contributed by atoms with Crippen molar-refractivity contribution in [3.8, 4) is 11.5 Å². The second-order valence-corrected chi connectivity index (χ2v) is 10.5.